The van der Waals surface area contributed by atoms with Crippen molar-refractivity contribution in [2.75, 3.05) is 11.9 Å². The molecule has 2 aromatic carbocycles. The first-order valence-electron chi connectivity index (χ1n) is 13.4. The van der Waals surface area contributed by atoms with Gasteiger partial charge >= 0.3 is 6.09 Å². The third-order valence-corrected chi connectivity index (χ3v) is 7.01. The molecule has 0 bridgehead atoms. The predicted molar refractivity (Wildman–Crippen MR) is 155 cm³/mol. The van der Waals surface area contributed by atoms with Crippen LogP contribution in [0.1, 0.15) is 81.8 Å². The van der Waals surface area contributed by atoms with Gasteiger partial charge in [0.2, 0.25) is 5.91 Å². The average Bonchev–Trinajstić information content (AvgIpc) is 2.83. The van der Waals surface area contributed by atoms with E-state index in [-0.39, 0.29) is 5.91 Å². The Morgan fingerprint density at radius 2 is 1.51 bits per heavy atom. The number of aliphatic hydroxyl groups excluding tert-OH is 1. The molecule has 8 heteroatoms. The van der Waals surface area contributed by atoms with Crippen LogP contribution in [0, 0.1) is 27.7 Å². The minimum absolute atomic E-state index is 0.389. The van der Waals surface area contributed by atoms with Crippen LogP contribution in [-0.2, 0) is 14.3 Å². The smallest absolute Gasteiger partial charge is 0.408 e. The quantitative estimate of drug-likeness (QED) is 0.390. The first kappa shape index (κ1) is 31.8. The molecular weight excluding hydrogens is 494 g/mol. The Hall–Kier alpha value is -3.39. The number of aryl methyl sites for hydroxylation is 4. The molecule has 0 fully saturated rings. The number of anilines is 1. The van der Waals surface area contributed by atoms with Crippen molar-refractivity contribution in [2.45, 2.75) is 98.9 Å². The topological polar surface area (TPSA) is 108 Å². The fraction of sp³-hybridized carbons (Fsp3) is 0.516. The van der Waals surface area contributed by atoms with E-state index in [4.69, 9.17) is 4.74 Å². The van der Waals surface area contributed by atoms with Gasteiger partial charge in [0.25, 0.3) is 5.91 Å². The van der Waals surface area contributed by atoms with Crippen molar-refractivity contribution < 1.29 is 24.2 Å². The van der Waals surface area contributed by atoms with Gasteiger partial charge in [0.15, 0.2) is 0 Å². The molecule has 2 aromatic rings. The molecule has 39 heavy (non-hydrogen) atoms. The van der Waals surface area contributed by atoms with Gasteiger partial charge in [-0.05, 0) is 96.6 Å². The summed E-state index contributed by atoms with van der Waals surface area (Å²) in [6.45, 7) is 17.9. The number of nitrogens with zero attached hydrogens (tertiary/aromatic N) is 1. The Balaban J connectivity index is 2.66. The Morgan fingerprint density at radius 1 is 0.923 bits per heavy atom. The molecule has 2 rings (SSSR count). The summed E-state index contributed by atoms with van der Waals surface area (Å²) in [5.41, 5.74) is 3.54. The van der Waals surface area contributed by atoms with Gasteiger partial charge in [0.1, 0.15) is 17.7 Å². The van der Waals surface area contributed by atoms with E-state index in [2.05, 4.69) is 10.6 Å². The molecule has 0 aromatic heterocycles. The van der Waals surface area contributed by atoms with Crippen LogP contribution in [0.4, 0.5) is 10.5 Å². The van der Waals surface area contributed by atoms with E-state index in [9.17, 15) is 19.5 Å². The molecular formula is C31H45N3O5. The van der Waals surface area contributed by atoms with Crippen molar-refractivity contribution in [3.8, 4) is 0 Å². The largest absolute Gasteiger partial charge is 0.444 e. The van der Waals surface area contributed by atoms with Crippen molar-refractivity contribution in [3.63, 3.8) is 0 Å². The maximum Gasteiger partial charge on any atom is 0.408 e. The SMILES string of the molecule is CCC(C)(C)N(C(=O)C(CO)NC(=O)OC(C)(C)C)C(C(=O)Nc1c(C)cccc1C)c1ccc(C)c(C)c1. The Kier molecular flexibility index (Phi) is 10.3. The van der Waals surface area contributed by atoms with E-state index < -0.39 is 41.8 Å². The maximum atomic E-state index is 14.2. The summed E-state index contributed by atoms with van der Waals surface area (Å²) >= 11 is 0. The van der Waals surface area contributed by atoms with Gasteiger partial charge in [-0.15, -0.1) is 0 Å². The van der Waals surface area contributed by atoms with E-state index in [1.54, 1.807) is 20.8 Å². The summed E-state index contributed by atoms with van der Waals surface area (Å²) in [6, 6.07) is 9.08. The van der Waals surface area contributed by atoms with Crippen LogP contribution in [0.5, 0.6) is 0 Å². The number of aliphatic hydroxyl groups is 1. The van der Waals surface area contributed by atoms with Crippen molar-refractivity contribution in [1.29, 1.82) is 0 Å². The summed E-state index contributed by atoms with van der Waals surface area (Å²) in [4.78, 5) is 42.4. The van der Waals surface area contributed by atoms with Crippen LogP contribution in [-0.4, -0.2) is 51.7 Å². The van der Waals surface area contributed by atoms with E-state index in [1.165, 1.54) is 4.90 Å². The zero-order valence-corrected chi connectivity index (χ0v) is 25.1. The molecule has 0 aliphatic carbocycles. The minimum atomic E-state index is -1.31. The number of carbonyl (C=O) groups excluding carboxylic acids is 3. The molecule has 2 atom stereocenters. The number of benzene rings is 2. The number of rotatable bonds is 9. The molecule has 3 N–H and O–H groups in total. The van der Waals surface area contributed by atoms with Crippen LogP contribution in [0.25, 0.3) is 0 Å². The highest BCUT2D eigenvalue weighted by molar-refractivity contribution is 6.00. The maximum absolute atomic E-state index is 14.2. The van der Waals surface area contributed by atoms with Crippen molar-refractivity contribution in [3.05, 3.63) is 64.2 Å². The van der Waals surface area contributed by atoms with Crippen molar-refractivity contribution >= 4 is 23.6 Å². The lowest BCUT2D eigenvalue weighted by molar-refractivity contribution is -0.148. The average molecular weight is 540 g/mol. The summed E-state index contributed by atoms with van der Waals surface area (Å²) < 4.78 is 5.33. The Morgan fingerprint density at radius 3 is 2.00 bits per heavy atom. The van der Waals surface area contributed by atoms with Crippen LogP contribution in [0.3, 0.4) is 0 Å². The molecule has 0 saturated heterocycles. The standard InChI is InChI=1S/C31H45N3O5/c1-11-31(9,10)34(28(37)24(18-35)32-29(38)39-30(6,7)8)26(23-16-15-19(2)22(5)17-23)27(36)33-25-20(3)13-12-14-21(25)4/h12-17,24,26,35H,11,18H2,1-10H3,(H,32,38)(H,33,36). The molecule has 0 spiro atoms. The zero-order valence-electron chi connectivity index (χ0n) is 25.1. The van der Waals surface area contributed by atoms with Gasteiger partial charge in [0, 0.05) is 11.2 Å². The van der Waals surface area contributed by atoms with Crippen LogP contribution >= 0.6 is 0 Å². The summed E-state index contributed by atoms with van der Waals surface area (Å²) in [6.07, 6.45) is -0.312. The number of hydrogen-bond acceptors (Lipinski definition) is 5. The van der Waals surface area contributed by atoms with Gasteiger partial charge in [-0.1, -0.05) is 43.3 Å². The van der Waals surface area contributed by atoms with Crippen LogP contribution in [0.15, 0.2) is 36.4 Å². The second-order valence-electron chi connectivity index (χ2n) is 11.8. The summed E-state index contributed by atoms with van der Waals surface area (Å²) in [7, 11) is 0. The third kappa shape index (κ3) is 8.05. The summed E-state index contributed by atoms with van der Waals surface area (Å²) in [5.74, 6) is -0.977. The van der Waals surface area contributed by atoms with E-state index in [1.807, 2.05) is 84.9 Å². The highest BCUT2D eigenvalue weighted by Crippen LogP contribution is 2.34. The molecule has 0 saturated carbocycles. The lowest BCUT2D eigenvalue weighted by atomic mass is 9.91. The number of carbonyl (C=O) groups is 3. The van der Waals surface area contributed by atoms with Gasteiger partial charge in [-0.2, -0.15) is 0 Å². The van der Waals surface area contributed by atoms with Crippen molar-refractivity contribution in [1.82, 2.24) is 10.2 Å². The van der Waals surface area contributed by atoms with Crippen LogP contribution < -0.4 is 10.6 Å². The first-order chi connectivity index (χ1) is 18.0. The van der Waals surface area contributed by atoms with Gasteiger partial charge in [-0.3, -0.25) is 9.59 Å². The highest BCUT2D eigenvalue weighted by Gasteiger charge is 2.43. The molecule has 0 aliphatic heterocycles. The first-order valence-corrected chi connectivity index (χ1v) is 13.4. The molecule has 0 aliphatic rings. The highest BCUT2D eigenvalue weighted by atomic mass is 16.6. The third-order valence-electron chi connectivity index (χ3n) is 7.01. The second-order valence-corrected chi connectivity index (χ2v) is 11.8. The predicted octanol–water partition coefficient (Wildman–Crippen LogP) is 5.50. The molecule has 3 amide bonds. The molecule has 0 heterocycles. The fourth-order valence-electron chi connectivity index (χ4n) is 4.30. The van der Waals surface area contributed by atoms with Crippen LogP contribution in [0.2, 0.25) is 0 Å². The number of nitrogens with one attached hydrogen (secondary N) is 2. The number of para-hydroxylation sites is 1. The molecule has 2 unspecified atom stereocenters. The monoisotopic (exact) mass is 539 g/mol. The van der Waals surface area contributed by atoms with Crippen molar-refractivity contribution in [2.24, 2.45) is 0 Å². The lowest BCUT2D eigenvalue weighted by Crippen LogP contribution is -2.59. The Labute approximate surface area is 233 Å². The van der Waals surface area contributed by atoms with E-state index >= 15 is 0 Å². The molecule has 214 valence electrons. The zero-order chi connectivity index (χ0) is 29.7. The van der Waals surface area contributed by atoms with E-state index in [0.29, 0.717) is 17.7 Å². The molecule has 8 nitrogen and oxygen atoms in total. The second kappa shape index (κ2) is 12.6. The Bertz CT molecular complexity index is 1180. The van der Waals surface area contributed by atoms with Gasteiger partial charge in [0.05, 0.1) is 6.61 Å². The number of hydrogen-bond donors (Lipinski definition) is 3. The summed E-state index contributed by atoms with van der Waals surface area (Å²) in [5, 5.41) is 15.8. The number of alkyl carbamates (subject to hydrolysis) is 1. The normalized spacial score (nSPS) is 13.3. The van der Waals surface area contributed by atoms with Gasteiger partial charge in [-0.25, -0.2) is 4.79 Å². The lowest BCUT2D eigenvalue weighted by Gasteiger charge is -2.44. The molecule has 0 radical (unpaired) electrons. The van der Waals surface area contributed by atoms with E-state index in [0.717, 1.165) is 22.3 Å². The minimum Gasteiger partial charge on any atom is -0.444 e. The number of ether oxygens (including phenoxy) is 1. The fourth-order valence-corrected chi connectivity index (χ4v) is 4.30. The van der Waals surface area contributed by atoms with Gasteiger partial charge < -0.3 is 25.4 Å². The number of amides is 3.